The van der Waals surface area contributed by atoms with Crippen molar-refractivity contribution in [1.29, 1.82) is 0 Å². The molecule has 0 radical (unpaired) electrons. The molecule has 106 valence electrons. The summed E-state index contributed by atoms with van der Waals surface area (Å²) in [5.74, 6) is 1.64. The number of ether oxygens (including phenoxy) is 2. The highest BCUT2D eigenvalue weighted by molar-refractivity contribution is 7.09. The minimum atomic E-state index is -0.0000636. The molecule has 0 saturated carbocycles. The van der Waals surface area contributed by atoms with Gasteiger partial charge in [0.25, 0.3) is 0 Å². The molecule has 0 aliphatic heterocycles. The van der Waals surface area contributed by atoms with Crippen LogP contribution < -0.4 is 9.47 Å². The summed E-state index contributed by atoms with van der Waals surface area (Å²) in [4.78, 5) is 15.4. The van der Waals surface area contributed by atoms with Gasteiger partial charge in [-0.25, -0.2) is 4.98 Å². The van der Waals surface area contributed by atoms with Gasteiger partial charge in [-0.05, 0) is 31.2 Å². The third kappa shape index (κ3) is 4.06. The summed E-state index contributed by atoms with van der Waals surface area (Å²) in [5.41, 5.74) is 0.533. The van der Waals surface area contributed by atoms with Crippen molar-refractivity contribution in [2.75, 3.05) is 13.2 Å². The van der Waals surface area contributed by atoms with Crippen molar-refractivity contribution in [2.45, 2.75) is 20.3 Å². The van der Waals surface area contributed by atoms with E-state index in [1.807, 2.05) is 31.2 Å². The van der Waals surface area contributed by atoms with Crippen molar-refractivity contribution < 1.29 is 14.3 Å². The average molecular weight is 291 g/mol. The van der Waals surface area contributed by atoms with E-state index in [2.05, 4.69) is 4.98 Å². The molecule has 1 aromatic carbocycles. The Morgan fingerprint density at radius 3 is 2.40 bits per heavy atom. The predicted molar refractivity (Wildman–Crippen MR) is 78.9 cm³/mol. The van der Waals surface area contributed by atoms with Gasteiger partial charge in [0, 0.05) is 18.7 Å². The van der Waals surface area contributed by atoms with Crippen LogP contribution >= 0.6 is 11.3 Å². The lowest BCUT2D eigenvalue weighted by Crippen LogP contribution is -2.02. The van der Waals surface area contributed by atoms with Crippen LogP contribution in [-0.2, 0) is 6.42 Å². The summed E-state index contributed by atoms with van der Waals surface area (Å²) in [7, 11) is 0. The number of hydrogen-bond acceptors (Lipinski definition) is 5. The van der Waals surface area contributed by atoms with Crippen LogP contribution in [0.3, 0.4) is 0 Å². The summed E-state index contributed by atoms with van der Waals surface area (Å²) < 4.78 is 11.0. The Labute approximate surface area is 122 Å². The van der Waals surface area contributed by atoms with Crippen molar-refractivity contribution in [3.05, 3.63) is 40.3 Å². The topological polar surface area (TPSA) is 48.4 Å². The number of nitrogens with zero attached hydrogens (tertiary/aromatic N) is 1. The van der Waals surface area contributed by atoms with Crippen molar-refractivity contribution in [3.8, 4) is 11.5 Å². The van der Waals surface area contributed by atoms with Gasteiger partial charge in [0.15, 0.2) is 5.78 Å². The molecule has 0 bridgehead atoms. The largest absolute Gasteiger partial charge is 0.494 e. The lowest BCUT2D eigenvalue weighted by molar-refractivity contribution is 0.101. The Morgan fingerprint density at radius 1 is 1.20 bits per heavy atom. The number of hydrogen-bond donors (Lipinski definition) is 0. The molecule has 2 aromatic rings. The van der Waals surface area contributed by atoms with Crippen LogP contribution in [-0.4, -0.2) is 24.0 Å². The first-order valence-electron chi connectivity index (χ1n) is 6.50. The Balaban J connectivity index is 1.81. The maximum Gasteiger partial charge on any atom is 0.178 e. The van der Waals surface area contributed by atoms with E-state index in [-0.39, 0.29) is 5.78 Å². The minimum Gasteiger partial charge on any atom is -0.494 e. The van der Waals surface area contributed by atoms with Gasteiger partial charge < -0.3 is 9.47 Å². The maximum absolute atomic E-state index is 11.1. The summed E-state index contributed by atoms with van der Waals surface area (Å²) >= 11 is 1.49. The van der Waals surface area contributed by atoms with Crippen LogP contribution in [0.1, 0.15) is 29.3 Å². The van der Waals surface area contributed by atoms with Gasteiger partial charge in [-0.1, -0.05) is 0 Å². The normalized spacial score (nSPS) is 10.3. The lowest BCUT2D eigenvalue weighted by atomic mass is 10.3. The Morgan fingerprint density at radius 2 is 1.85 bits per heavy atom. The van der Waals surface area contributed by atoms with Gasteiger partial charge in [0.1, 0.15) is 17.2 Å². The Kier molecular flexibility index (Phi) is 5.12. The van der Waals surface area contributed by atoms with Gasteiger partial charge in [-0.2, -0.15) is 0 Å². The highest BCUT2D eigenvalue weighted by atomic mass is 32.1. The van der Waals surface area contributed by atoms with E-state index in [9.17, 15) is 4.79 Å². The molecule has 1 aromatic heterocycles. The molecule has 0 N–H and O–H groups in total. The van der Waals surface area contributed by atoms with E-state index in [0.29, 0.717) is 25.3 Å². The van der Waals surface area contributed by atoms with Gasteiger partial charge in [-0.15, -0.1) is 11.3 Å². The van der Waals surface area contributed by atoms with Crippen molar-refractivity contribution in [2.24, 2.45) is 0 Å². The smallest absolute Gasteiger partial charge is 0.178 e. The first-order chi connectivity index (χ1) is 9.69. The van der Waals surface area contributed by atoms with E-state index in [0.717, 1.165) is 16.5 Å². The fraction of sp³-hybridized carbons (Fsp3) is 0.333. The summed E-state index contributed by atoms with van der Waals surface area (Å²) in [6.45, 7) is 4.67. The molecular formula is C15H17NO3S. The minimum absolute atomic E-state index is 0.0000636. The number of rotatable bonds is 7. The number of carbonyl (C=O) groups excluding carboxylic acids is 1. The molecule has 0 atom stereocenters. The van der Waals surface area contributed by atoms with Crippen molar-refractivity contribution in [3.63, 3.8) is 0 Å². The Bertz CT molecular complexity index is 563. The molecule has 0 unspecified atom stereocenters. The molecule has 0 amide bonds. The van der Waals surface area contributed by atoms with Crippen LogP contribution in [0, 0.1) is 0 Å². The Hall–Kier alpha value is -1.88. The van der Waals surface area contributed by atoms with E-state index < -0.39 is 0 Å². The SMILES string of the molecule is CCOc1ccc(OCCc2nc(C(C)=O)cs2)cc1. The molecule has 0 aliphatic rings. The molecule has 0 saturated heterocycles. The second kappa shape index (κ2) is 7.05. The average Bonchev–Trinajstić information content (AvgIpc) is 2.90. The van der Waals surface area contributed by atoms with Gasteiger partial charge in [0.05, 0.1) is 18.2 Å². The zero-order chi connectivity index (χ0) is 14.4. The molecule has 20 heavy (non-hydrogen) atoms. The lowest BCUT2D eigenvalue weighted by Gasteiger charge is -2.06. The number of carbonyl (C=O) groups is 1. The first kappa shape index (κ1) is 14.5. The maximum atomic E-state index is 11.1. The zero-order valence-electron chi connectivity index (χ0n) is 11.6. The van der Waals surface area contributed by atoms with E-state index in [4.69, 9.17) is 9.47 Å². The fourth-order valence-electron chi connectivity index (χ4n) is 1.64. The second-order valence-electron chi connectivity index (χ2n) is 4.19. The van der Waals surface area contributed by atoms with Crippen LogP contribution in [0.25, 0.3) is 0 Å². The zero-order valence-corrected chi connectivity index (χ0v) is 12.4. The number of benzene rings is 1. The highest BCUT2D eigenvalue weighted by Crippen LogP contribution is 2.18. The van der Waals surface area contributed by atoms with Crippen molar-refractivity contribution >= 4 is 17.1 Å². The molecule has 0 spiro atoms. The van der Waals surface area contributed by atoms with Gasteiger partial charge in [0.2, 0.25) is 0 Å². The van der Waals surface area contributed by atoms with E-state index in [1.165, 1.54) is 18.3 Å². The third-order valence-electron chi connectivity index (χ3n) is 2.63. The predicted octanol–water partition coefficient (Wildman–Crippen LogP) is 3.37. The summed E-state index contributed by atoms with van der Waals surface area (Å²) in [5, 5.41) is 2.70. The van der Waals surface area contributed by atoms with Crippen LogP contribution in [0.4, 0.5) is 0 Å². The quantitative estimate of drug-likeness (QED) is 0.734. The van der Waals surface area contributed by atoms with Crippen LogP contribution in [0.5, 0.6) is 11.5 Å². The van der Waals surface area contributed by atoms with Crippen molar-refractivity contribution in [1.82, 2.24) is 4.98 Å². The summed E-state index contributed by atoms with van der Waals surface area (Å²) in [6.07, 6.45) is 0.700. The number of Topliss-reactive ketones (excluding diaryl/α,β-unsaturated/α-hetero) is 1. The highest BCUT2D eigenvalue weighted by Gasteiger charge is 2.06. The molecule has 4 nitrogen and oxygen atoms in total. The molecular weight excluding hydrogens is 274 g/mol. The molecule has 0 fully saturated rings. The number of thiazole rings is 1. The van der Waals surface area contributed by atoms with Gasteiger partial charge in [-0.3, -0.25) is 4.79 Å². The van der Waals surface area contributed by atoms with E-state index in [1.54, 1.807) is 5.38 Å². The standard InChI is InChI=1S/C15H17NO3S/c1-3-18-12-4-6-13(7-5-12)19-9-8-15-16-14(10-20-15)11(2)17/h4-7,10H,3,8-9H2,1-2H3. The number of ketones is 1. The van der Waals surface area contributed by atoms with Crippen LogP contribution in [0.2, 0.25) is 0 Å². The first-order valence-corrected chi connectivity index (χ1v) is 7.38. The molecule has 1 heterocycles. The molecule has 5 heteroatoms. The fourth-order valence-corrected chi connectivity index (χ4v) is 2.46. The van der Waals surface area contributed by atoms with E-state index >= 15 is 0 Å². The van der Waals surface area contributed by atoms with Crippen LogP contribution in [0.15, 0.2) is 29.6 Å². The molecule has 2 rings (SSSR count). The van der Waals surface area contributed by atoms with Gasteiger partial charge >= 0.3 is 0 Å². The molecule has 0 aliphatic carbocycles. The summed E-state index contributed by atoms with van der Waals surface area (Å²) in [6, 6.07) is 7.54. The monoisotopic (exact) mass is 291 g/mol. The second-order valence-corrected chi connectivity index (χ2v) is 5.13. The number of aromatic nitrogens is 1. The third-order valence-corrected chi connectivity index (χ3v) is 3.54.